The lowest BCUT2D eigenvalue weighted by Crippen LogP contribution is -2.44. The number of anilines is 2. The van der Waals surface area contributed by atoms with Crippen LogP contribution in [0.15, 0.2) is 60.9 Å². The summed E-state index contributed by atoms with van der Waals surface area (Å²) in [6.45, 7) is 2.89. The zero-order chi connectivity index (χ0) is 27.6. The first-order valence-electron chi connectivity index (χ1n) is 13.5. The van der Waals surface area contributed by atoms with E-state index in [9.17, 15) is 14.7 Å². The second kappa shape index (κ2) is 10.8. The smallest absolute Gasteiger partial charge is 0.407 e. The average Bonchev–Trinajstić information content (AvgIpc) is 3.81. The topological polar surface area (TPSA) is 130 Å². The summed E-state index contributed by atoms with van der Waals surface area (Å²) >= 11 is 0. The molecule has 1 saturated heterocycles. The molecule has 0 radical (unpaired) electrons. The minimum atomic E-state index is -0.917. The van der Waals surface area contributed by atoms with Gasteiger partial charge >= 0.3 is 6.09 Å². The van der Waals surface area contributed by atoms with Crippen LogP contribution in [0.1, 0.15) is 31.2 Å². The molecule has 2 amide bonds. The molecule has 3 N–H and O–H groups in total. The molecule has 1 aliphatic heterocycles. The molecule has 1 aliphatic carbocycles. The van der Waals surface area contributed by atoms with E-state index >= 15 is 0 Å². The van der Waals surface area contributed by atoms with Gasteiger partial charge in [0.1, 0.15) is 5.75 Å². The van der Waals surface area contributed by atoms with E-state index in [-0.39, 0.29) is 17.9 Å². The molecule has 40 heavy (non-hydrogen) atoms. The number of fused-ring (bicyclic) bond motifs is 1. The monoisotopic (exact) mass is 538 g/mol. The summed E-state index contributed by atoms with van der Waals surface area (Å²) in [4.78, 5) is 38.9. The molecule has 10 heteroatoms. The summed E-state index contributed by atoms with van der Waals surface area (Å²) < 4.78 is 6.48. The minimum absolute atomic E-state index is 0.0552. The van der Waals surface area contributed by atoms with Crippen molar-refractivity contribution in [1.82, 2.24) is 19.9 Å². The molecule has 0 spiro atoms. The van der Waals surface area contributed by atoms with Crippen LogP contribution in [0.5, 0.6) is 11.6 Å². The van der Waals surface area contributed by atoms with Crippen LogP contribution in [0.2, 0.25) is 0 Å². The van der Waals surface area contributed by atoms with Gasteiger partial charge in [-0.05, 0) is 62.4 Å². The Morgan fingerprint density at radius 1 is 1.00 bits per heavy atom. The van der Waals surface area contributed by atoms with Crippen molar-refractivity contribution in [1.29, 1.82) is 0 Å². The number of nitrogens with zero attached hydrogens (tertiary/aromatic N) is 4. The zero-order valence-corrected chi connectivity index (χ0v) is 22.1. The van der Waals surface area contributed by atoms with Gasteiger partial charge in [-0.15, -0.1) is 0 Å². The number of pyridine rings is 1. The molecule has 6 rings (SSSR count). The predicted molar refractivity (Wildman–Crippen MR) is 152 cm³/mol. The number of rotatable bonds is 7. The van der Waals surface area contributed by atoms with Gasteiger partial charge in [-0.25, -0.2) is 19.7 Å². The number of hydrogen-bond donors (Lipinski definition) is 3. The van der Waals surface area contributed by atoms with Gasteiger partial charge in [0.05, 0.1) is 11.3 Å². The van der Waals surface area contributed by atoms with Crippen LogP contribution in [0.3, 0.4) is 0 Å². The minimum Gasteiger partial charge on any atom is -0.465 e. The maximum Gasteiger partial charge on any atom is 0.407 e. The van der Waals surface area contributed by atoms with Crippen molar-refractivity contribution in [2.24, 2.45) is 5.92 Å². The predicted octanol–water partition coefficient (Wildman–Crippen LogP) is 5.70. The maximum absolute atomic E-state index is 12.5. The average molecular weight is 539 g/mol. The highest BCUT2D eigenvalue weighted by Crippen LogP contribution is 2.39. The zero-order valence-electron chi connectivity index (χ0n) is 22.1. The van der Waals surface area contributed by atoms with Crippen LogP contribution < -0.4 is 15.4 Å². The Kier molecular flexibility index (Phi) is 6.90. The number of likely N-dealkylation sites (tertiary alicyclic amines) is 1. The summed E-state index contributed by atoms with van der Waals surface area (Å²) in [6.07, 6.45) is 5.91. The van der Waals surface area contributed by atoms with Crippen LogP contribution in [0, 0.1) is 12.8 Å². The van der Waals surface area contributed by atoms with Crippen LogP contribution in [-0.4, -0.2) is 56.1 Å². The van der Waals surface area contributed by atoms with E-state index in [1.165, 1.54) is 4.90 Å². The SMILES string of the molecule is Cc1ccc2c(NC(=O)C3CC3)cccc2c1Oc1ncccc1-c1ccnc(NC2CCCN(C(=O)O)C2)n1. The number of nitrogens with one attached hydrogen (secondary N) is 2. The van der Waals surface area contributed by atoms with Crippen LogP contribution in [0.25, 0.3) is 22.0 Å². The first kappa shape index (κ1) is 25.5. The van der Waals surface area contributed by atoms with Crippen molar-refractivity contribution in [3.8, 4) is 22.9 Å². The summed E-state index contributed by atoms with van der Waals surface area (Å²) in [5, 5.41) is 17.5. The number of benzene rings is 2. The lowest BCUT2D eigenvalue weighted by molar-refractivity contribution is -0.117. The van der Waals surface area contributed by atoms with Gasteiger partial charge in [0.15, 0.2) is 0 Å². The summed E-state index contributed by atoms with van der Waals surface area (Å²) in [6, 6.07) is 15.2. The van der Waals surface area contributed by atoms with Crippen LogP contribution >= 0.6 is 0 Å². The summed E-state index contributed by atoms with van der Waals surface area (Å²) in [5.41, 5.74) is 3.01. The third kappa shape index (κ3) is 5.38. The Hall–Kier alpha value is -4.73. The third-order valence-corrected chi connectivity index (χ3v) is 7.34. The van der Waals surface area contributed by atoms with Crippen LogP contribution in [-0.2, 0) is 4.79 Å². The third-order valence-electron chi connectivity index (χ3n) is 7.34. The number of carbonyl (C=O) groups is 2. The maximum atomic E-state index is 12.5. The highest BCUT2D eigenvalue weighted by Gasteiger charge is 2.30. The van der Waals surface area contributed by atoms with E-state index in [0.717, 1.165) is 47.7 Å². The standard InChI is InChI=1S/C30H30N6O4/c1-18-9-12-21-22(6-2-8-24(21)34-27(37)19-10-11-19)26(18)40-28-23(7-3-14-31-28)25-13-15-32-29(35-25)33-20-5-4-16-36(17-20)30(38)39/h2-3,6-9,12-15,19-20H,4-5,10-11,16-17H2,1H3,(H,34,37)(H,38,39)(H,32,33,35). The molecule has 1 atom stereocenters. The van der Waals surface area contributed by atoms with E-state index < -0.39 is 6.09 Å². The number of hydrogen-bond acceptors (Lipinski definition) is 7. The van der Waals surface area contributed by atoms with Crippen molar-refractivity contribution in [2.45, 2.75) is 38.6 Å². The largest absolute Gasteiger partial charge is 0.465 e. The molecule has 2 aromatic carbocycles. The lowest BCUT2D eigenvalue weighted by atomic mass is 10.0. The highest BCUT2D eigenvalue weighted by molar-refractivity contribution is 6.05. The van der Waals surface area contributed by atoms with Gasteiger partial charge in [0.25, 0.3) is 0 Å². The molecule has 1 unspecified atom stereocenters. The molecular weight excluding hydrogens is 508 g/mol. The summed E-state index contributed by atoms with van der Waals surface area (Å²) in [7, 11) is 0. The molecule has 2 fully saturated rings. The molecule has 1 saturated carbocycles. The first-order chi connectivity index (χ1) is 19.5. The van der Waals surface area contributed by atoms with Gasteiger partial charge in [0, 0.05) is 53.9 Å². The van der Waals surface area contributed by atoms with Crippen LogP contribution in [0.4, 0.5) is 16.4 Å². The molecule has 3 heterocycles. The Balaban J connectivity index is 1.29. The first-order valence-corrected chi connectivity index (χ1v) is 13.5. The molecule has 10 nitrogen and oxygen atoms in total. The van der Waals surface area contributed by atoms with Gasteiger partial charge in [-0.1, -0.05) is 24.3 Å². The second-order valence-electron chi connectivity index (χ2n) is 10.3. The Labute approximate surface area is 231 Å². The fourth-order valence-electron chi connectivity index (χ4n) is 5.06. The number of aryl methyl sites for hydroxylation is 1. The second-order valence-corrected chi connectivity index (χ2v) is 10.3. The number of carbonyl (C=O) groups excluding carboxylic acids is 1. The van der Waals surface area contributed by atoms with E-state index in [0.29, 0.717) is 41.9 Å². The van der Waals surface area contributed by atoms with Gasteiger partial charge in [-0.3, -0.25) is 4.79 Å². The number of piperidine rings is 1. The Bertz CT molecular complexity index is 1590. The van der Waals surface area contributed by atoms with Gasteiger partial charge < -0.3 is 25.4 Å². The molecule has 204 valence electrons. The lowest BCUT2D eigenvalue weighted by Gasteiger charge is -2.31. The fourth-order valence-corrected chi connectivity index (χ4v) is 5.06. The van der Waals surface area contributed by atoms with Gasteiger partial charge in [-0.2, -0.15) is 0 Å². The van der Waals surface area contributed by atoms with Crippen molar-refractivity contribution in [3.05, 3.63) is 66.5 Å². The summed E-state index contributed by atoms with van der Waals surface area (Å²) in [5.74, 6) is 1.63. The highest BCUT2D eigenvalue weighted by atomic mass is 16.5. The quantitative estimate of drug-likeness (QED) is 0.273. The number of aromatic nitrogens is 3. The Morgan fingerprint density at radius 3 is 2.70 bits per heavy atom. The van der Waals surface area contributed by atoms with Crippen molar-refractivity contribution in [2.75, 3.05) is 23.7 Å². The molecule has 0 bridgehead atoms. The fraction of sp³-hybridized carbons (Fsp3) is 0.300. The van der Waals surface area contributed by atoms with E-state index in [1.807, 2.05) is 49.4 Å². The Morgan fingerprint density at radius 2 is 1.88 bits per heavy atom. The normalized spacial score (nSPS) is 16.9. The van der Waals surface area contributed by atoms with E-state index in [1.54, 1.807) is 18.5 Å². The van der Waals surface area contributed by atoms with E-state index in [2.05, 4.69) is 20.6 Å². The molecule has 2 aromatic heterocycles. The molecule has 4 aromatic rings. The van der Waals surface area contributed by atoms with Gasteiger partial charge in [0.2, 0.25) is 17.7 Å². The molecule has 2 aliphatic rings. The van der Waals surface area contributed by atoms with Crippen molar-refractivity contribution in [3.63, 3.8) is 0 Å². The number of amides is 2. The van der Waals surface area contributed by atoms with Crippen molar-refractivity contribution >= 4 is 34.4 Å². The molecular formula is C30H30N6O4. The van der Waals surface area contributed by atoms with Crippen molar-refractivity contribution < 1.29 is 19.4 Å². The van der Waals surface area contributed by atoms with E-state index in [4.69, 9.17) is 9.72 Å². The number of carboxylic acid groups (broad SMARTS) is 1. The number of ether oxygens (including phenoxy) is 1.